The van der Waals surface area contributed by atoms with Gasteiger partial charge in [-0.15, -0.1) is 0 Å². The molecule has 0 N–H and O–H groups in total. The third kappa shape index (κ3) is 12.8. The number of unbranched alkanes of at least 4 members (excludes halogenated alkanes) is 4. The minimum absolute atomic E-state index is 0.111. The number of esters is 2. The second-order valence-electron chi connectivity index (χ2n) is 11.8. The summed E-state index contributed by atoms with van der Waals surface area (Å²) in [6.07, 6.45) is 6.90. The molecule has 9 heteroatoms. The van der Waals surface area contributed by atoms with Crippen LogP contribution in [0.15, 0.2) is 42.5 Å². The Bertz CT molecular complexity index is 1380. The third-order valence-corrected chi connectivity index (χ3v) is 7.82. The molecule has 0 saturated heterocycles. The zero-order chi connectivity index (χ0) is 33.9. The molecule has 0 radical (unpaired) electrons. The first-order chi connectivity index (χ1) is 22.9. The highest BCUT2D eigenvalue weighted by atomic mass is 35.5. The zero-order valence-electron chi connectivity index (χ0n) is 28.7. The second-order valence-corrected chi connectivity index (χ2v) is 12.2. The average Bonchev–Trinajstić information content (AvgIpc) is 3.06. The Morgan fingerprint density at radius 2 is 1.06 bits per heavy atom. The summed E-state index contributed by atoms with van der Waals surface area (Å²) in [6, 6.07) is 13.4. The topological polar surface area (TPSA) is 89.5 Å². The van der Waals surface area contributed by atoms with Gasteiger partial charge in [-0.2, -0.15) is 0 Å². The summed E-state index contributed by atoms with van der Waals surface area (Å²) < 4.78 is 36.2. The molecule has 0 fully saturated rings. The normalized spacial score (nSPS) is 12.6. The molecular formula is C38H53ClO8. The molecule has 0 heterocycles. The van der Waals surface area contributed by atoms with Gasteiger partial charge in [0.1, 0.15) is 24.7 Å². The molecule has 3 aromatic carbocycles. The van der Waals surface area contributed by atoms with E-state index >= 15 is 0 Å². The van der Waals surface area contributed by atoms with Crippen molar-refractivity contribution in [3.63, 3.8) is 0 Å². The number of halogens is 1. The summed E-state index contributed by atoms with van der Waals surface area (Å²) in [4.78, 5) is 25.2. The van der Waals surface area contributed by atoms with Gasteiger partial charge in [-0.25, -0.2) is 0 Å². The fourth-order valence-electron chi connectivity index (χ4n) is 5.21. The number of benzene rings is 3. The number of carbonyl (C=O) groups excluding carboxylic acids is 2. The first-order valence-corrected chi connectivity index (χ1v) is 17.7. The Hall–Kier alpha value is -3.07. The summed E-state index contributed by atoms with van der Waals surface area (Å²) >= 11 is 6.52. The molecule has 3 rings (SSSR count). The smallest absolute Gasteiger partial charge is 0.306 e. The summed E-state index contributed by atoms with van der Waals surface area (Å²) in [5, 5.41) is 3.73. The van der Waals surface area contributed by atoms with Gasteiger partial charge in [-0.1, -0.05) is 89.2 Å². The second kappa shape index (κ2) is 21.7. The lowest BCUT2D eigenvalue weighted by molar-refractivity contribution is -0.155. The lowest BCUT2D eigenvalue weighted by atomic mass is 10.0. The fraction of sp³-hybridized carbons (Fsp3) is 0.579. The first-order valence-electron chi connectivity index (χ1n) is 17.4. The standard InChI is InChI=1S/C38H53ClO8/c1-5-9-11-17-35(40)46-29(24-42-21-7-3)26-44-37-31-15-13-14-16-32(31)38(34-23-28(39)19-20-33(34)37)45-27-30(25-43-22-8-4)47-36(41)18-12-10-6-2/h13-16,19-20,23,29-30H,5-12,17-18,21-22,24-27H2,1-4H3. The van der Waals surface area contributed by atoms with Crippen molar-refractivity contribution in [2.24, 2.45) is 0 Å². The maximum absolute atomic E-state index is 12.6. The molecule has 0 spiro atoms. The van der Waals surface area contributed by atoms with Crippen molar-refractivity contribution in [1.29, 1.82) is 0 Å². The van der Waals surface area contributed by atoms with Crippen molar-refractivity contribution < 1.29 is 38.0 Å². The summed E-state index contributed by atoms with van der Waals surface area (Å²) in [6.45, 7) is 10.1. The molecule has 0 saturated carbocycles. The molecule has 0 aliphatic heterocycles. The molecule has 0 bridgehead atoms. The molecular weight excluding hydrogens is 620 g/mol. The van der Waals surface area contributed by atoms with E-state index in [4.69, 9.17) is 40.0 Å². The Balaban J connectivity index is 1.90. The predicted octanol–water partition coefficient (Wildman–Crippen LogP) is 9.24. The van der Waals surface area contributed by atoms with E-state index in [1.54, 1.807) is 0 Å². The summed E-state index contributed by atoms with van der Waals surface area (Å²) in [7, 11) is 0. The number of rotatable bonds is 24. The van der Waals surface area contributed by atoms with Crippen LogP contribution in [-0.4, -0.2) is 63.8 Å². The van der Waals surface area contributed by atoms with Gasteiger partial charge in [0.2, 0.25) is 0 Å². The zero-order valence-corrected chi connectivity index (χ0v) is 29.4. The number of hydrogen-bond donors (Lipinski definition) is 0. The number of ether oxygens (including phenoxy) is 6. The van der Waals surface area contributed by atoms with Crippen molar-refractivity contribution >= 4 is 45.1 Å². The highest BCUT2D eigenvalue weighted by Gasteiger charge is 2.22. The van der Waals surface area contributed by atoms with Gasteiger partial charge in [0.05, 0.1) is 13.2 Å². The summed E-state index contributed by atoms with van der Waals surface area (Å²) in [5.41, 5.74) is 0. The van der Waals surface area contributed by atoms with Gasteiger partial charge in [0, 0.05) is 52.6 Å². The van der Waals surface area contributed by atoms with Gasteiger partial charge < -0.3 is 28.4 Å². The van der Waals surface area contributed by atoms with Gasteiger partial charge in [-0.3, -0.25) is 9.59 Å². The molecule has 0 aromatic heterocycles. The van der Waals surface area contributed by atoms with Crippen LogP contribution in [0.25, 0.3) is 21.5 Å². The lowest BCUT2D eigenvalue weighted by Gasteiger charge is -2.23. The van der Waals surface area contributed by atoms with Gasteiger partial charge in [-0.05, 0) is 43.9 Å². The highest BCUT2D eigenvalue weighted by Crippen LogP contribution is 2.43. The predicted molar refractivity (Wildman–Crippen MR) is 188 cm³/mol. The maximum Gasteiger partial charge on any atom is 0.306 e. The minimum atomic E-state index is -0.574. The largest absolute Gasteiger partial charge is 0.488 e. The van der Waals surface area contributed by atoms with E-state index in [-0.39, 0.29) is 38.4 Å². The van der Waals surface area contributed by atoms with Crippen molar-refractivity contribution in [2.45, 2.75) is 104 Å². The fourth-order valence-corrected chi connectivity index (χ4v) is 5.39. The van der Waals surface area contributed by atoms with Crippen LogP contribution in [0, 0.1) is 0 Å². The van der Waals surface area contributed by atoms with Crippen molar-refractivity contribution in [3.8, 4) is 11.5 Å². The van der Waals surface area contributed by atoms with Crippen LogP contribution in [0.2, 0.25) is 5.02 Å². The van der Waals surface area contributed by atoms with E-state index in [1.807, 2.05) is 56.3 Å². The van der Waals surface area contributed by atoms with Gasteiger partial charge in [0.25, 0.3) is 0 Å². The molecule has 8 nitrogen and oxygen atoms in total. The Labute approximate surface area is 285 Å². The van der Waals surface area contributed by atoms with Gasteiger partial charge >= 0.3 is 11.9 Å². The van der Waals surface area contributed by atoms with Crippen LogP contribution in [0.3, 0.4) is 0 Å². The third-order valence-electron chi connectivity index (χ3n) is 7.58. The van der Waals surface area contributed by atoms with Crippen molar-refractivity contribution in [1.82, 2.24) is 0 Å². The van der Waals surface area contributed by atoms with Crippen LogP contribution in [-0.2, 0) is 28.5 Å². The van der Waals surface area contributed by atoms with Crippen LogP contribution in [0.5, 0.6) is 11.5 Å². The van der Waals surface area contributed by atoms with Gasteiger partial charge in [0.15, 0.2) is 12.2 Å². The molecule has 0 aliphatic carbocycles. The molecule has 47 heavy (non-hydrogen) atoms. The maximum atomic E-state index is 12.6. The van der Waals surface area contributed by atoms with Crippen LogP contribution in [0.1, 0.15) is 91.9 Å². The van der Waals surface area contributed by atoms with E-state index in [9.17, 15) is 9.59 Å². The molecule has 0 amide bonds. The van der Waals surface area contributed by atoms with E-state index < -0.39 is 12.2 Å². The first kappa shape index (κ1) is 38.4. The van der Waals surface area contributed by atoms with E-state index in [1.165, 1.54) is 0 Å². The molecule has 2 atom stereocenters. The minimum Gasteiger partial charge on any atom is -0.488 e. The number of carbonyl (C=O) groups is 2. The molecule has 0 aliphatic rings. The SMILES string of the molecule is CCCCCC(=O)OC(COCCC)COc1c2ccccc2c(OCC(COCCC)OC(=O)CCCCC)c2cc(Cl)ccc12. The van der Waals surface area contributed by atoms with E-state index in [0.717, 1.165) is 72.9 Å². The van der Waals surface area contributed by atoms with Crippen LogP contribution in [0.4, 0.5) is 0 Å². The number of fused-ring (bicyclic) bond motifs is 2. The molecule has 3 aromatic rings. The Kier molecular flexibility index (Phi) is 17.7. The van der Waals surface area contributed by atoms with Crippen molar-refractivity contribution in [3.05, 3.63) is 47.5 Å². The monoisotopic (exact) mass is 672 g/mol. The van der Waals surface area contributed by atoms with Crippen LogP contribution < -0.4 is 9.47 Å². The quantitative estimate of drug-likeness (QED) is 0.0529. The highest BCUT2D eigenvalue weighted by molar-refractivity contribution is 6.31. The Morgan fingerprint density at radius 1 is 0.596 bits per heavy atom. The van der Waals surface area contributed by atoms with Crippen molar-refractivity contribution in [2.75, 3.05) is 39.6 Å². The summed E-state index contributed by atoms with van der Waals surface area (Å²) in [5.74, 6) is 0.739. The van der Waals surface area contributed by atoms with Crippen LogP contribution >= 0.6 is 11.6 Å². The van der Waals surface area contributed by atoms with E-state index in [0.29, 0.717) is 42.6 Å². The number of hydrogen-bond acceptors (Lipinski definition) is 8. The van der Waals surface area contributed by atoms with E-state index in [2.05, 4.69) is 13.8 Å². The molecule has 2 unspecified atom stereocenters. The lowest BCUT2D eigenvalue weighted by Crippen LogP contribution is -2.30. The Morgan fingerprint density at radius 3 is 1.53 bits per heavy atom. The molecule has 260 valence electrons. The average molecular weight is 673 g/mol.